The minimum absolute atomic E-state index is 0.181. The van der Waals surface area contributed by atoms with Crippen LogP contribution in [0.4, 0.5) is 0 Å². The summed E-state index contributed by atoms with van der Waals surface area (Å²) >= 11 is 1.49. The van der Waals surface area contributed by atoms with E-state index in [1.807, 2.05) is 18.2 Å². The van der Waals surface area contributed by atoms with Crippen molar-refractivity contribution in [3.05, 3.63) is 70.0 Å². The van der Waals surface area contributed by atoms with E-state index >= 15 is 0 Å². The monoisotopic (exact) mass is 312 g/mol. The standard InChI is InChI=1S/C17H16N2O2S/c1-12-7-9-13(10-8-12)11-22-17-18-15-6-4-3-5-14(15)16(20)19(17)21-2/h3-10H,11H2,1-2H3. The van der Waals surface area contributed by atoms with Gasteiger partial charge in [-0.15, -0.1) is 4.73 Å². The van der Waals surface area contributed by atoms with Gasteiger partial charge < -0.3 is 4.84 Å². The molecule has 3 rings (SSSR count). The number of fused-ring (bicyclic) bond motifs is 1. The molecule has 0 N–H and O–H groups in total. The van der Waals surface area contributed by atoms with Gasteiger partial charge in [0.15, 0.2) is 0 Å². The number of aromatic nitrogens is 2. The Labute approximate surface area is 132 Å². The number of nitrogens with zero attached hydrogens (tertiary/aromatic N) is 2. The fraction of sp³-hybridized carbons (Fsp3) is 0.176. The minimum atomic E-state index is -0.181. The molecule has 0 amide bonds. The highest BCUT2D eigenvalue weighted by atomic mass is 32.2. The van der Waals surface area contributed by atoms with E-state index in [2.05, 4.69) is 36.2 Å². The molecule has 2 aromatic carbocycles. The molecular formula is C17H16N2O2S. The summed E-state index contributed by atoms with van der Waals surface area (Å²) < 4.78 is 1.25. The number of para-hydroxylation sites is 1. The highest BCUT2D eigenvalue weighted by molar-refractivity contribution is 7.98. The molecule has 1 heterocycles. The maximum absolute atomic E-state index is 12.4. The van der Waals surface area contributed by atoms with E-state index in [9.17, 15) is 4.79 Å². The quantitative estimate of drug-likeness (QED) is 0.548. The molecule has 0 aliphatic heterocycles. The van der Waals surface area contributed by atoms with Gasteiger partial charge >= 0.3 is 0 Å². The SMILES string of the molecule is COn1c(SCc2ccc(C)cc2)nc2ccccc2c1=O. The lowest BCUT2D eigenvalue weighted by molar-refractivity contribution is 0.131. The second kappa shape index (κ2) is 6.23. The van der Waals surface area contributed by atoms with Gasteiger partial charge in [0.1, 0.15) is 7.11 Å². The van der Waals surface area contributed by atoms with Crippen molar-refractivity contribution in [1.29, 1.82) is 0 Å². The largest absolute Gasteiger partial charge is 0.411 e. The van der Waals surface area contributed by atoms with E-state index < -0.39 is 0 Å². The average molecular weight is 312 g/mol. The van der Waals surface area contributed by atoms with Crippen molar-refractivity contribution in [2.45, 2.75) is 17.8 Å². The van der Waals surface area contributed by atoms with Crippen LogP contribution >= 0.6 is 11.8 Å². The number of benzene rings is 2. The van der Waals surface area contributed by atoms with Crippen molar-refractivity contribution in [3.8, 4) is 0 Å². The molecule has 0 atom stereocenters. The fourth-order valence-corrected chi connectivity index (χ4v) is 3.11. The van der Waals surface area contributed by atoms with Gasteiger partial charge in [-0.3, -0.25) is 4.79 Å². The molecule has 0 aliphatic rings. The summed E-state index contributed by atoms with van der Waals surface area (Å²) in [5, 5.41) is 1.12. The molecule has 5 heteroatoms. The first-order valence-corrected chi connectivity index (χ1v) is 7.92. The molecular weight excluding hydrogens is 296 g/mol. The first-order chi connectivity index (χ1) is 10.7. The molecule has 0 saturated heterocycles. The molecule has 0 unspecified atom stereocenters. The third-order valence-electron chi connectivity index (χ3n) is 3.38. The van der Waals surface area contributed by atoms with Gasteiger partial charge in [0.25, 0.3) is 5.56 Å². The van der Waals surface area contributed by atoms with Crippen molar-refractivity contribution in [2.75, 3.05) is 7.11 Å². The third kappa shape index (κ3) is 2.85. The van der Waals surface area contributed by atoms with E-state index in [1.54, 1.807) is 6.07 Å². The van der Waals surface area contributed by atoms with Gasteiger partial charge in [0.05, 0.1) is 10.9 Å². The normalized spacial score (nSPS) is 10.8. The lowest BCUT2D eigenvalue weighted by Gasteiger charge is -2.11. The van der Waals surface area contributed by atoms with Gasteiger partial charge in [-0.1, -0.05) is 53.7 Å². The van der Waals surface area contributed by atoms with Gasteiger partial charge in [-0.25, -0.2) is 4.98 Å². The van der Waals surface area contributed by atoms with Gasteiger partial charge in [0, 0.05) is 5.75 Å². The van der Waals surface area contributed by atoms with Gasteiger partial charge in [-0.2, -0.15) is 0 Å². The van der Waals surface area contributed by atoms with E-state index in [-0.39, 0.29) is 5.56 Å². The highest BCUT2D eigenvalue weighted by Crippen LogP contribution is 2.21. The number of hydrogen-bond acceptors (Lipinski definition) is 4. The Hall–Kier alpha value is -2.27. The molecule has 22 heavy (non-hydrogen) atoms. The van der Waals surface area contributed by atoms with Crippen LogP contribution in [-0.4, -0.2) is 16.8 Å². The molecule has 3 aromatic rings. The Morgan fingerprint density at radius 1 is 1.14 bits per heavy atom. The Balaban J connectivity index is 1.95. The summed E-state index contributed by atoms with van der Waals surface area (Å²) in [6, 6.07) is 15.6. The van der Waals surface area contributed by atoms with Crippen LogP contribution in [0.25, 0.3) is 10.9 Å². The van der Waals surface area contributed by atoms with Crippen LogP contribution in [0.2, 0.25) is 0 Å². The van der Waals surface area contributed by atoms with Crippen LogP contribution < -0.4 is 10.4 Å². The number of thioether (sulfide) groups is 1. The summed E-state index contributed by atoms with van der Waals surface area (Å²) in [7, 11) is 1.48. The molecule has 4 nitrogen and oxygen atoms in total. The van der Waals surface area contributed by atoms with Crippen molar-refractivity contribution < 1.29 is 4.84 Å². The molecule has 1 aromatic heterocycles. The van der Waals surface area contributed by atoms with Crippen LogP contribution in [-0.2, 0) is 5.75 Å². The van der Waals surface area contributed by atoms with Gasteiger partial charge in [-0.05, 0) is 24.6 Å². The van der Waals surface area contributed by atoms with Crippen LogP contribution in [0.15, 0.2) is 58.5 Å². The molecule has 0 saturated carbocycles. The van der Waals surface area contributed by atoms with Crippen LogP contribution in [0.5, 0.6) is 0 Å². The molecule has 0 fully saturated rings. The molecule has 0 bridgehead atoms. The number of aryl methyl sites for hydroxylation is 1. The van der Waals surface area contributed by atoms with E-state index in [4.69, 9.17) is 4.84 Å². The predicted octanol–water partition coefficient (Wildman–Crippen LogP) is 3.06. The van der Waals surface area contributed by atoms with Crippen LogP contribution in [0.1, 0.15) is 11.1 Å². The fourth-order valence-electron chi connectivity index (χ4n) is 2.18. The summed E-state index contributed by atoms with van der Waals surface area (Å²) in [6.45, 7) is 2.06. The lowest BCUT2D eigenvalue weighted by Crippen LogP contribution is -2.27. The Morgan fingerprint density at radius 2 is 1.86 bits per heavy atom. The van der Waals surface area contributed by atoms with Crippen LogP contribution in [0.3, 0.4) is 0 Å². The average Bonchev–Trinajstić information content (AvgIpc) is 2.54. The molecule has 0 aliphatic carbocycles. The highest BCUT2D eigenvalue weighted by Gasteiger charge is 2.11. The second-order valence-electron chi connectivity index (χ2n) is 4.97. The summed E-state index contributed by atoms with van der Waals surface area (Å²) in [5.74, 6) is 0.731. The zero-order valence-electron chi connectivity index (χ0n) is 12.4. The Kier molecular flexibility index (Phi) is 4.15. The zero-order chi connectivity index (χ0) is 15.5. The summed E-state index contributed by atoms with van der Waals surface area (Å²) in [4.78, 5) is 22.2. The topological polar surface area (TPSA) is 44.1 Å². The maximum atomic E-state index is 12.4. The summed E-state index contributed by atoms with van der Waals surface area (Å²) in [5.41, 5.74) is 2.92. The number of rotatable bonds is 4. The van der Waals surface area contributed by atoms with E-state index in [1.165, 1.54) is 34.7 Å². The van der Waals surface area contributed by atoms with E-state index in [0.29, 0.717) is 16.1 Å². The second-order valence-corrected chi connectivity index (χ2v) is 5.91. The maximum Gasteiger partial charge on any atom is 0.295 e. The summed E-state index contributed by atoms with van der Waals surface area (Å²) in [6.07, 6.45) is 0. The molecule has 112 valence electrons. The van der Waals surface area contributed by atoms with E-state index in [0.717, 1.165) is 5.75 Å². The minimum Gasteiger partial charge on any atom is -0.411 e. The van der Waals surface area contributed by atoms with Crippen molar-refractivity contribution >= 4 is 22.7 Å². The zero-order valence-corrected chi connectivity index (χ0v) is 13.3. The van der Waals surface area contributed by atoms with Crippen molar-refractivity contribution in [3.63, 3.8) is 0 Å². The number of hydrogen-bond donors (Lipinski definition) is 0. The van der Waals surface area contributed by atoms with Crippen molar-refractivity contribution in [1.82, 2.24) is 9.71 Å². The van der Waals surface area contributed by atoms with Crippen LogP contribution in [0, 0.1) is 6.92 Å². The first kappa shape index (κ1) is 14.7. The lowest BCUT2D eigenvalue weighted by atomic mass is 10.2. The first-order valence-electron chi connectivity index (χ1n) is 6.93. The Bertz CT molecular complexity index is 857. The Morgan fingerprint density at radius 3 is 2.59 bits per heavy atom. The smallest absolute Gasteiger partial charge is 0.295 e. The molecule has 0 spiro atoms. The molecule has 0 radical (unpaired) electrons. The predicted molar refractivity (Wildman–Crippen MR) is 89.2 cm³/mol. The third-order valence-corrected chi connectivity index (χ3v) is 4.37. The van der Waals surface area contributed by atoms with Gasteiger partial charge in [0.2, 0.25) is 5.16 Å². The van der Waals surface area contributed by atoms with Crippen molar-refractivity contribution in [2.24, 2.45) is 0 Å².